The lowest BCUT2D eigenvalue weighted by Crippen LogP contribution is -2.44. The van der Waals surface area contributed by atoms with Gasteiger partial charge in [-0.05, 0) is 31.5 Å². The molecule has 3 N–H and O–H groups in total. The Balaban J connectivity index is 2.02. The largest absolute Gasteiger partial charge is 0.481 e. The number of carboxylic acids is 1. The van der Waals surface area contributed by atoms with Crippen molar-refractivity contribution >= 4 is 17.7 Å². The standard InChI is InChI=1S/C15H21N3O3/c1-16-9-11-5-2-3-7-13(11)17-15(21)18-8-4-6-12(10-18)14(19)20/h2-3,5,7,12,16H,4,6,8-10H2,1H3,(H,17,21)(H,19,20)/t12-/m0/s1. The highest BCUT2D eigenvalue weighted by Gasteiger charge is 2.28. The van der Waals surface area contributed by atoms with Gasteiger partial charge < -0.3 is 20.6 Å². The predicted molar refractivity (Wildman–Crippen MR) is 80.2 cm³/mol. The lowest BCUT2D eigenvalue weighted by Gasteiger charge is -2.31. The molecule has 1 heterocycles. The molecule has 0 aliphatic carbocycles. The van der Waals surface area contributed by atoms with Crippen LogP contribution in [0.2, 0.25) is 0 Å². The Labute approximate surface area is 124 Å². The number of amides is 2. The van der Waals surface area contributed by atoms with Gasteiger partial charge >= 0.3 is 12.0 Å². The second-order valence-electron chi connectivity index (χ2n) is 5.24. The van der Waals surface area contributed by atoms with Gasteiger partial charge in [-0.15, -0.1) is 0 Å². The van der Waals surface area contributed by atoms with Gasteiger partial charge in [-0.2, -0.15) is 0 Å². The van der Waals surface area contributed by atoms with Crippen LogP contribution in [0.25, 0.3) is 0 Å². The first-order valence-electron chi connectivity index (χ1n) is 7.13. The zero-order valence-electron chi connectivity index (χ0n) is 12.1. The summed E-state index contributed by atoms with van der Waals surface area (Å²) in [5, 5.41) is 15.0. The molecular weight excluding hydrogens is 270 g/mol. The Morgan fingerprint density at radius 2 is 2.14 bits per heavy atom. The normalized spacial score (nSPS) is 18.3. The summed E-state index contributed by atoms with van der Waals surface area (Å²) >= 11 is 0. The molecule has 1 aromatic carbocycles. The maximum atomic E-state index is 12.3. The van der Waals surface area contributed by atoms with Gasteiger partial charge in [0, 0.05) is 25.3 Å². The van der Waals surface area contributed by atoms with Crippen molar-refractivity contribution in [2.24, 2.45) is 5.92 Å². The van der Waals surface area contributed by atoms with E-state index in [1.54, 1.807) is 4.90 Å². The molecule has 0 spiro atoms. The Kier molecular flexibility index (Phi) is 5.16. The number of carboxylic acid groups (broad SMARTS) is 1. The molecule has 1 aromatic rings. The summed E-state index contributed by atoms with van der Waals surface area (Å²) in [7, 11) is 1.85. The monoisotopic (exact) mass is 291 g/mol. The van der Waals surface area contributed by atoms with E-state index < -0.39 is 11.9 Å². The highest BCUT2D eigenvalue weighted by molar-refractivity contribution is 5.90. The van der Waals surface area contributed by atoms with Crippen molar-refractivity contribution in [2.75, 3.05) is 25.5 Å². The Morgan fingerprint density at radius 1 is 1.38 bits per heavy atom. The number of nitrogens with zero attached hydrogens (tertiary/aromatic N) is 1. The van der Waals surface area contributed by atoms with Crippen LogP contribution in [0.3, 0.4) is 0 Å². The summed E-state index contributed by atoms with van der Waals surface area (Å²) in [6.07, 6.45) is 1.36. The topological polar surface area (TPSA) is 81.7 Å². The third-order valence-corrected chi connectivity index (χ3v) is 3.68. The second kappa shape index (κ2) is 7.08. The van der Waals surface area contributed by atoms with Crippen LogP contribution in [-0.2, 0) is 11.3 Å². The predicted octanol–water partition coefficient (Wildman–Crippen LogP) is 1.73. The smallest absolute Gasteiger partial charge is 0.321 e. The molecule has 1 fully saturated rings. The zero-order chi connectivity index (χ0) is 15.2. The molecule has 6 heteroatoms. The van der Waals surface area contributed by atoms with E-state index in [0.29, 0.717) is 19.5 Å². The minimum Gasteiger partial charge on any atom is -0.481 e. The van der Waals surface area contributed by atoms with Gasteiger partial charge in [0.15, 0.2) is 0 Å². The number of piperidine rings is 1. The SMILES string of the molecule is CNCc1ccccc1NC(=O)N1CCC[C@H](C(=O)O)C1. The van der Waals surface area contributed by atoms with E-state index in [-0.39, 0.29) is 12.6 Å². The van der Waals surface area contributed by atoms with E-state index in [1.807, 2.05) is 31.3 Å². The van der Waals surface area contributed by atoms with Crippen molar-refractivity contribution in [1.29, 1.82) is 0 Å². The number of aliphatic carboxylic acids is 1. The number of carbonyl (C=O) groups excluding carboxylic acids is 1. The van der Waals surface area contributed by atoms with Crippen LogP contribution < -0.4 is 10.6 Å². The molecule has 21 heavy (non-hydrogen) atoms. The fourth-order valence-electron chi connectivity index (χ4n) is 2.54. The van der Waals surface area contributed by atoms with Crippen molar-refractivity contribution in [2.45, 2.75) is 19.4 Å². The number of rotatable bonds is 4. The Hall–Kier alpha value is -2.08. The molecular formula is C15H21N3O3. The highest BCUT2D eigenvalue weighted by atomic mass is 16.4. The number of likely N-dealkylation sites (tertiary alicyclic amines) is 1. The zero-order valence-corrected chi connectivity index (χ0v) is 12.1. The van der Waals surface area contributed by atoms with E-state index in [9.17, 15) is 9.59 Å². The molecule has 2 amide bonds. The molecule has 1 aliphatic rings. The molecule has 0 bridgehead atoms. The number of nitrogens with one attached hydrogen (secondary N) is 2. The van der Waals surface area contributed by atoms with Gasteiger partial charge in [0.25, 0.3) is 0 Å². The number of anilines is 1. The van der Waals surface area contributed by atoms with Gasteiger partial charge in [-0.1, -0.05) is 18.2 Å². The number of hydrogen-bond acceptors (Lipinski definition) is 3. The summed E-state index contributed by atoms with van der Waals surface area (Å²) < 4.78 is 0. The second-order valence-corrected chi connectivity index (χ2v) is 5.24. The molecule has 1 atom stereocenters. The first-order chi connectivity index (χ1) is 10.1. The van der Waals surface area contributed by atoms with E-state index in [2.05, 4.69) is 10.6 Å². The van der Waals surface area contributed by atoms with E-state index in [4.69, 9.17) is 5.11 Å². The van der Waals surface area contributed by atoms with Crippen LogP contribution in [0.5, 0.6) is 0 Å². The maximum Gasteiger partial charge on any atom is 0.321 e. The number of hydrogen-bond donors (Lipinski definition) is 3. The number of carbonyl (C=O) groups is 2. The van der Waals surface area contributed by atoms with Gasteiger partial charge in [0.2, 0.25) is 0 Å². The van der Waals surface area contributed by atoms with Crippen LogP contribution in [0.1, 0.15) is 18.4 Å². The summed E-state index contributed by atoms with van der Waals surface area (Å²) in [5.74, 6) is -1.29. The maximum absolute atomic E-state index is 12.3. The quantitative estimate of drug-likeness (QED) is 0.789. The average Bonchev–Trinajstić information content (AvgIpc) is 2.49. The summed E-state index contributed by atoms with van der Waals surface area (Å²) in [4.78, 5) is 24.9. The van der Waals surface area contributed by atoms with Crippen molar-refractivity contribution in [3.8, 4) is 0 Å². The fourth-order valence-corrected chi connectivity index (χ4v) is 2.54. The molecule has 114 valence electrons. The van der Waals surface area contributed by atoms with Gasteiger partial charge in [-0.25, -0.2) is 4.79 Å². The third-order valence-electron chi connectivity index (χ3n) is 3.68. The van der Waals surface area contributed by atoms with Crippen LogP contribution in [0.15, 0.2) is 24.3 Å². The van der Waals surface area contributed by atoms with Gasteiger partial charge in [0.05, 0.1) is 5.92 Å². The van der Waals surface area contributed by atoms with Crippen LogP contribution in [0.4, 0.5) is 10.5 Å². The molecule has 2 rings (SSSR count). The molecule has 0 radical (unpaired) electrons. The summed E-state index contributed by atoms with van der Waals surface area (Å²) in [5.41, 5.74) is 1.76. The molecule has 6 nitrogen and oxygen atoms in total. The van der Waals surface area contributed by atoms with Gasteiger partial charge in [0.1, 0.15) is 0 Å². The van der Waals surface area contributed by atoms with Crippen LogP contribution >= 0.6 is 0 Å². The van der Waals surface area contributed by atoms with E-state index in [0.717, 1.165) is 17.7 Å². The van der Waals surface area contributed by atoms with Crippen molar-refractivity contribution in [3.63, 3.8) is 0 Å². The van der Waals surface area contributed by atoms with E-state index in [1.165, 1.54) is 0 Å². The minimum absolute atomic E-state index is 0.232. The van der Waals surface area contributed by atoms with Gasteiger partial charge in [-0.3, -0.25) is 4.79 Å². The molecule has 0 aromatic heterocycles. The Morgan fingerprint density at radius 3 is 2.86 bits per heavy atom. The molecule has 0 unspecified atom stereocenters. The van der Waals surface area contributed by atoms with E-state index >= 15 is 0 Å². The van der Waals surface area contributed by atoms with Crippen LogP contribution in [0, 0.1) is 5.92 Å². The summed E-state index contributed by atoms with van der Waals surface area (Å²) in [6.45, 7) is 1.54. The third kappa shape index (κ3) is 3.95. The first-order valence-corrected chi connectivity index (χ1v) is 7.13. The molecule has 0 saturated carbocycles. The lowest BCUT2D eigenvalue weighted by atomic mass is 9.99. The lowest BCUT2D eigenvalue weighted by molar-refractivity contribution is -0.143. The highest BCUT2D eigenvalue weighted by Crippen LogP contribution is 2.19. The van der Waals surface area contributed by atoms with Crippen molar-refractivity contribution in [3.05, 3.63) is 29.8 Å². The molecule has 1 saturated heterocycles. The van der Waals surface area contributed by atoms with Crippen LogP contribution in [-0.4, -0.2) is 42.1 Å². The molecule has 1 aliphatic heterocycles. The number of urea groups is 1. The number of para-hydroxylation sites is 1. The first kappa shape index (κ1) is 15.3. The average molecular weight is 291 g/mol. The summed E-state index contributed by atoms with van der Waals surface area (Å²) in [6, 6.07) is 7.35. The Bertz CT molecular complexity index is 519. The number of benzene rings is 1. The van der Waals surface area contributed by atoms with Crippen molar-refractivity contribution < 1.29 is 14.7 Å². The minimum atomic E-state index is -0.830. The fraction of sp³-hybridized carbons (Fsp3) is 0.467. The van der Waals surface area contributed by atoms with Crippen molar-refractivity contribution in [1.82, 2.24) is 10.2 Å².